The van der Waals surface area contributed by atoms with E-state index in [0.717, 1.165) is 5.56 Å². The van der Waals surface area contributed by atoms with Crippen molar-refractivity contribution in [3.63, 3.8) is 0 Å². The fraction of sp³-hybridized carbons (Fsp3) is 0.211. The third-order valence-corrected chi connectivity index (χ3v) is 5.01. The number of thioether (sulfide) groups is 1. The first-order valence-corrected chi connectivity index (χ1v) is 8.54. The topological polar surface area (TPSA) is 58.7 Å². The summed E-state index contributed by atoms with van der Waals surface area (Å²) < 4.78 is 1.52. The first kappa shape index (κ1) is 16.3. The molecule has 120 valence electrons. The van der Waals surface area contributed by atoms with Crippen LogP contribution in [0, 0.1) is 18.3 Å². The number of aryl methyl sites for hydroxylation is 1. The predicted molar refractivity (Wildman–Crippen MR) is 97.1 cm³/mol. The van der Waals surface area contributed by atoms with Crippen molar-refractivity contribution in [3.05, 3.63) is 70.0 Å². The molecule has 0 N–H and O–H groups in total. The van der Waals surface area contributed by atoms with Gasteiger partial charge in [-0.25, -0.2) is 4.98 Å². The number of aromatic nitrogens is 2. The van der Waals surface area contributed by atoms with Crippen LogP contribution in [0.15, 0.2) is 58.5 Å². The second-order valence-electron chi connectivity index (χ2n) is 5.70. The molecule has 1 aromatic heterocycles. The van der Waals surface area contributed by atoms with Crippen LogP contribution in [0.3, 0.4) is 0 Å². The summed E-state index contributed by atoms with van der Waals surface area (Å²) in [6.45, 7) is 2.04. The second kappa shape index (κ2) is 6.90. The van der Waals surface area contributed by atoms with E-state index in [9.17, 15) is 10.1 Å². The minimum atomic E-state index is -0.299. The molecular formula is C19H17N3OS. The molecule has 0 fully saturated rings. The molecule has 0 radical (unpaired) electrons. The van der Waals surface area contributed by atoms with Crippen molar-refractivity contribution >= 4 is 22.7 Å². The molecule has 3 rings (SSSR count). The van der Waals surface area contributed by atoms with Gasteiger partial charge in [0, 0.05) is 7.05 Å². The summed E-state index contributed by atoms with van der Waals surface area (Å²) in [5.41, 5.74) is 2.87. The number of benzene rings is 2. The van der Waals surface area contributed by atoms with E-state index in [1.165, 1.54) is 21.9 Å². The molecule has 5 heteroatoms. The zero-order valence-electron chi connectivity index (χ0n) is 13.6. The Hall–Kier alpha value is -2.58. The van der Waals surface area contributed by atoms with Crippen LogP contribution in [0.2, 0.25) is 0 Å². The number of hydrogen-bond acceptors (Lipinski definition) is 4. The molecule has 1 atom stereocenters. The normalized spacial score (nSPS) is 12.0. The molecule has 0 aliphatic carbocycles. The van der Waals surface area contributed by atoms with Gasteiger partial charge < -0.3 is 0 Å². The number of nitriles is 1. The maximum absolute atomic E-state index is 12.4. The smallest absolute Gasteiger partial charge is 0.261 e. The van der Waals surface area contributed by atoms with Crippen LogP contribution in [0.5, 0.6) is 0 Å². The molecule has 0 bridgehead atoms. The van der Waals surface area contributed by atoms with Gasteiger partial charge in [0.05, 0.1) is 17.0 Å². The molecule has 0 saturated heterocycles. The van der Waals surface area contributed by atoms with Crippen LogP contribution in [0.25, 0.3) is 10.9 Å². The molecule has 0 aliphatic rings. The van der Waals surface area contributed by atoms with Gasteiger partial charge in [0.1, 0.15) is 5.25 Å². The van der Waals surface area contributed by atoms with Crippen molar-refractivity contribution in [2.75, 3.05) is 0 Å². The number of hydrogen-bond donors (Lipinski definition) is 0. The predicted octanol–water partition coefficient (Wildman–Crippen LogP) is 3.47. The highest BCUT2D eigenvalue weighted by molar-refractivity contribution is 8.00. The van der Waals surface area contributed by atoms with Gasteiger partial charge >= 0.3 is 0 Å². The molecule has 1 heterocycles. The standard InChI is InChI=1S/C19H17N3OS/c1-13-7-9-14(10-8-13)11-15(12-20)24-19-21-17-6-4-3-5-16(17)18(23)22(19)2/h3-10,15H,11H2,1-2H3. The van der Waals surface area contributed by atoms with E-state index in [0.29, 0.717) is 22.5 Å². The van der Waals surface area contributed by atoms with Gasteiger partial charge in [-0.3, -0.25) is 9.36 Å². The number of para-hydroxylation sites is 1. The van der Waals surface area contributed by atoms with Crippen LogP contribution in [0.1, 0.15) is 11.1 Å². The Balaban J connectivity index is 1.90. The fourth-order valence-corrected chi connectivity index (χ4v) is 3.46. The molecule has 2 aromatic carbocycles. The van der Waals surface area contributed by atoms with Crippen molar-refractivity contribution in [1.82, 2.24) is 9.55 Å². The lowest BCUT2D eigenvalue weighted by Crippen LogP contribution is -2.21. The first-order valence-electron chi connectivity index (χ1n) is 7.66. The highest BCUT2D eigenvalue weighted by atomic mass is 32.2. The molecule has 0 amide bonds. The van der Waals surface area contributed by atoms with Crippen LogP contribution in [-0.4, -0.2) is 14.8 Å². The van der Waals surface area contributed by atoms with Gasteiger partial charge in [-0.15, -0.1) is 0 Å². The molecule has 1 unspecified atom stereocenters. The van der Waals surface area contributed by atoms with Crippen LogP contribution in [-0.2, 0) is 13.5 Å². The zero-order chi connectivity index (χ0) is 17.1. The highest BCUT2D eigenvalue weighted by Crippen LogP contribution is 2.24. The Morgan fingerprint density at radius 3 is 2.62 bits per heavy atom. The Bertz CT molecular complexity index is 971. The minimum absolute atomic E-state index is 0.0878. The maximum atomic E-state index is 12.4. The van der Waals surface area contributed by atoms with Gasteiger partial charge in [0.2, 0.25) is 0 Å². The van der Waals surface area contributed by atoms with Crippen LogP contribution >= 0.6 is 11.8 Å². The minimum Gasteiger partial charge on any atom is -0.290 e. The van der Waals surface area contributed by atoms with E-state index in [1.807, 2.05) is 49.4 Å². The lowest BCUT2D eigenvalue weighted by molar-refractivity contribution is 0.724. The molecular weight excluding hydrogens is 318 g/mol. The number of nitrogens with zero attached hydrogens (tertiary/aromatic N) is 3. The third kappa shape index (κ3) is 3.34. The van der Waals surface area contributed by atoms with Gasteiger partial charge in [-0.1, -0.05) is 53.7 Å². The van der Waals surface area contributed by atoms with Crippen LogP contribution < -0.4 is 5.56 Å². The van der Waals surface area contributed by atoms with Crippen molar-refractivity contribution in [2.45, 2.75) is 23.8 Å². The fourth-order valence-electron chi connectivity index (χ4n) is 2.48. The van der Waals surface area contributed by atoms with Gasteiger partial charge in [0.15, 0.2) is 5.16 Å². The van der Waals surface area contributed by atoms with E-state index in [4.69, 9.17) is 0 Å². The lowest BCUT2D eigenvalue weighted by Gasteiger charge is -2.12. The van der Waals surface area contributed by atoms with E-state index in [2.05, 4.69) is 11.1 Å². The van der Waals surface area contributed by atoms with Gasteiger partial charge in [-0.2, -0.15) is 5.26 Å². The lowest BCUT2D eigenvalue weighted by atomic mass is 10.1. The van der Waals surface area contributed by atoms with Gasteiger partial charge in [0.25, 0.3) is 5.56 Å². The van der Waals surface area contributed by atoms with Crippen molar-refractivity contribution < 1.29 is 0 Å². The molecule has 0 spiro atoms. The zero-order valence-corrected chi connectivity index (χ0v) is 14.4. The highest BCUT2D eigenvalue weighted by Gasteiger charge is 2.15. The summed E-state index contributed by atoms with van der Waals surface area (Å²) in [5, 5.41) is 10.4. The summed E-state index contributed by atoms with van der Waals surface area (Å²) in [4.78, 5) is 17.0. The van der Waals surface area contributed by atoms with E-state index < -0.39 is 0 Å². The number of fused-ring (bicyclic) bond motifs is 1. The van der Waals surface area contributed by atoms with Gasteiger partial charge in [-0.05, 0) is 31.0 Å². The largest absolute Gasteiger partial charge is 0.290 e. The summed E-state index contributed by atoms with van der Waals surface area (Å²) in [6.07, 6.45) is 0.615. The summed E-state index contributed by atoms with van der Waals surface area (Å²) >= 11 is 1.33. The second-order valence-corrected chi connectivity index (χ2v) is 6.87. The van der Waals surface area contributed by atoms with E-state index >= 15 is 0 Å². The SMILES string of the molecule is Cc1ccc(CC(C#N)Sc2nc3ccccc3c(=O)n2C)cc1. The molecule has 3 aromatic rings. The Kier molecular flexibility index (Phi) is 4.68. The summed E-state index contributed by atoms with van der Waals surface area (Å²) in [7, 11) is 1.70. The van der Waals surface area contributed by atoms with Crippen molar-refractivity contribution in [2.24, 2.45) is 7.05 Å². The van der Waals surface area contributed by atoms with Crippen LogP contribution in [0.4, 0.5) is 0 Å². The Labute approximate surface area is 144 Å². The molecule has 0 aliphatic heterocycles. The first-order chi connectivity index (χ1) is 11.6. The average Bonchev–Trinajstić information content (AvgIpc) is 2.60. The summed E-state index contributed by atoms with van der Waals surface area (Å²) in [6, 6.07) is 17.7. The average molecular weight is 335 g/mol. The Morgan fingerprint density at radius 1 is 1.21 bits per heavy atom. The monoisotopic (exact) mass is 335 g/mol. The van der Waals surface area contributed by atoms with E-state index in [-0.39, 0.29) is 10.8 Å². The quantitative estimate of drug-likeness (QED) is 0.541. The summed E-state index contributed by atoms with van der Waals surface area (Å²) in [5.74, 6) is 0. The molecule has 24 heavy (non-hydrogen) atoms. The molecule has 4 nitrogen and oxygen atoms in total. The number of rotatable bonds is 4. The molecule has 0 saturated carbocycles. The maximum Gasteiger partial charge on any atom is 0.261 e. The van der Waals surface area contributed by atoms with E-state index in [1.54, 1.807) is 13.1 Å². The van der Waals surface area contributed by atoms with Crippen molar-refractivity contribution in [1.29, 1.82) is 5.26 Å². The van der Waals surface area contributed by atoms with Crippen molar-refractivity contribution in [3.8, 4) is 6.07 Å². The Morgan fingerprint density at radius 2 is 1.92 bits per heavy atom. The third-order valence-electron chi connectivity index (χ3n) is 3.88.